The molecule has 6 nitrogen and oxygen atoms in total. The molecule has 2 heterocycles. The number of carboxylic acid groups (broad SMARTS) is 1. The van der Waals surface area contributed by atoms with E-state index < -0.39 is 5.97 Å². The lowest BCUT2D eigenvalue weighted by Gasteiger charge is -2.21. The lowest BCUT2D eigenvalue weighted by Crippen LogP contribution is -2.13. The van der Waals surface area contributed by atoms with Crippen molar-refractivity contribution in [2.24, 2.45) is 5.92 Å². The van der Waals surface area contributed by atoms with Crippen LogP contribution in [-0.4, -0.2) is 30.8 Å². The third-order valence-corrected chi connectivity index (χ3v) is 4.69. The molecular formula is C15H16N4O2. The molecule has 0 amide bonds. The first-order valence-electron chi connectivity index (χ1n) is 7.33. The predicted molar refractivity (Wildman–Crippen MR) is 74.6 cm³/mol. The lowest BCUT2D eigenvalue weighted by atomic mass is 9.83. The van der Waals surface area contributed by atoms with Crippen LogP contribution in [0, 0.1) is 5.92 Å². The van der Waals surface area contributed by atoms with Crippen LogP contribution in [-0.2, 0) is 0 Å². The van der Waals surface area contributed by atoms with Gasteiger partial charge in [0, 0.05) is 23.9 Å². The number of aromatic carboxylic acids is 1. The summed E-state index contributed by atoms with van der Waals surface area (Å²) in [5.74, 6) is 1.05. The van der Waals surface area contributed by atoms with E-state index in [0.717, 1.165) is 30.5 Å². The SMILES string of the molecule is CCC1CC2CC2c2c1c(C(=O)O)nn2-c1cnccn1. The molecular weight excluding hydrogens is 268 g/mol. The van der Waals surface area contributed by atoms with E-state index in [1.54, 1.807) is 23.3 Å². The van der Waals surface area contributed by atoms with Gasteiger partial charge in [0.2, 0.25) is 0 Å². The van der Waals surface area contributed by atoms with E-state index in [2.05, 4.69) is 22.0 Å². The summed E-state index contributed by atoms with van der Waals surface area (Å²) in [5, 5.41) is 13.9. The third kappa shape index (κ3) is 1.78. The number of hydrogen-bond acceptors (Lipinski definition) is 4. The molecule has 1 fully saturated rings. The Labute approximate surface area is 121 Å². The van der Waals surface area contributed by atoms with Gasteiger partial charge in [-0.1, -0.05) is 6.92 Å². The van der Waals surface area contributed by atoms with Crippen molar-refractivity contribution in [3.8, 4) is 5.82 Å². The normalized spacial score (nSPS) is 26.0. The summed E-state index contributed by atoms with van der Waals surface area (Å²) in [4.78, 5) is 19.9. The molecule has 2 aliphatic rings. The van der Waals surface area contributed by atoms with Crippen LogP contribution in [0.1, 0.15) is 59.8 Å². The Balaban J connectivity index is 1.96. The quantitative estimate of drug-likeness (QED) is 0.935. The first kappa shape index (κ1) is 12.5. The largest absolute Gasteiger partial charge is 0.476 e. The number of hydrogen-bond donors (Lipinski definition) is 1. The minimum absolute atomic E-state index is 0.188. The fourth-order valence-electron chi connectivity index (χ4n) is 3.63. The number of rotatable bonds is 3. The van der Waals surface area contributed by atoms with Crippen molar-refractivity contribution < 1.29 is 9.90 Å². The molecule has 2 aliphatic carbocycles. The number of aromatic nitrogens is 4. The molecule has 1 saturated carbocycles. The van der Waals surface area contributed by atoms with Crippen molar-refractivity contribution in [2.75, 3.05) is 0 Å². The van der Waals surface area contributed by atoms with Crippen molar-refractivity contribution >= 4 is 5.97 Å². The molecule has 108 valence electrons. The average molecular weight is 284 g/mol. The molecule has 3 unspecified atom stereocenters. The van der Waals surface area contributed by atoms with Gasteiger partial charge in [0.05, 0.1) is 11.9 Å². The van der Waals surface area contributed by atoms with Crippen LogP contribution in [0.3, 0.4) is 0 Å². The number of carboxylic acids is 1. The molecule has 3 atom stereocenters. The average Bonchev–Trinajstić information content (AvgIpc) is 3.17. The zero-order valence-electron chi connectivity index (χ0n) is 11.7. The van der Waals surface area contributed by atoms with Gasteiger partial charge in [0.15, 0.2) is 11.5 Å². The van der Waals surface area contributed by atoms with Crippen LogP contribution in [0.5, 0.6) is 0 Å². The second-order valence-corrected chi connectivity index (χ2v) is 5.87. The van der Waals surface area contributed by atoms with Gasteiger partial charge in [0.25, 0.3) is 0 Å². The summed E-state index contributed by atoms with van der Waals surface area (Å²) < 4.78 is 1.71. The molecule has 2 aromatic rings. The molecule has 4 rings (SSSR count). The maximum absolute atomic E-state index is 11.6. The minimum atomic E-state index is -0.952. The summed E-state index contributed by atoms with van der Waals surface area (Å²) in [6, 6.07) is 0. The van der Waals surface area contributed by atoms with Crippen LogP contribution >= 0.6 is 0 Å². The standard InChI is InChI=1S/C15H16N4O2/c1-2-8-5-9-6-10(9)14-12(8)13(15(20)21)18-19(14)11-7-16-3-4-17-11/h3-4,7-10H,2,5-6H2,1H3,(H,20,21). The second kappa shape index (κ2) is 4.38. The maximum atomic E-state index is 11.6. The van der Waals surface area contributed by atoms with Gasteiger partial charge in [-0.15, -0.1) is 0 Å². The van der Waals surface area contributed by atoms with E-state index in [4.69, 9.17) is 0 Å². The van der Waals surface area contributed by atoms with E-state index in [1.807, 2.05) is 0 Å². The van der Waals surface area contributed by atoms with Crippen LogP contribution in [0.15, 0.2) is 18.6 Å². The van der Waals surface area contributed by atoms with Crippen molar-refractivity contribution in [1.29, 1.82) is 0 Å². The molecule has 0 spiro atoms. The van der Waals surface area contributed by atoms with Crippen LogP contribution in [0.2, 0.25) is 0 Å². The van der Waals surface area contributed by atoms with Crippen molar-refractivity contribution in [1.82, 2.24) is 19.7 Å². The fraction of sp³-hybridized carbons (Fsp3) is 0.467. The Morgan fingerprint density at radius 2 is 2.29 bits per heavy atom. The highest BCUT2D eigenvalue weighted by Crippen LogP contribution is 2.59. The van der Waals surface area contributed by atoms with Crippen LogP contribution in [0.25, 0.3) is 5.82 Å². The fourth-order valence-corrected chi connectivity index (χ4v) is 3.63. The Bertz CT molecular complexity index is 710. The van der Waals surface area contributed by atoms with Crippen LogP contribution < -0.4 is 0 Å². The molecule has 0 bridgehead atoms. The van der Waals surface area contributed by atoms with E-state index in [0.29, 0.717) is 23.6 Å². The molecule has 6 heteroatoms. The Morgan fingerprint density at radius 3 is 2.95 bits per heavy atom. The third-order valence-electron chi connectivity index (χ3n) is 4.69. The first-order chi connectivity index (χ1) is 10.2. The van der Waals surface area contributed by atoms with Crippen LogP contribution in [0.4, 0.5) is 0 Å². The predicted octanol–water partition coefficient (Wildman–Crippen LogP) is 2.36. The number of fused-ring (bicyclic) bond motifs is 3. The van der Waals surface area contributed by atoms with E-state index in [-0.39, 0.29) is 5.69 Å². The zero-order chi connectivity index (χ0) is 14.6. The highest BCUT2D eigenvalue weighted by molar-refractivity contribution is 5.88. The van der Waals surface area contributed by atoms with Gasteiger partial charge in [0.1, 0.15) is 0 Å². The first-order valence-corrected chi connectivity index (χ1v) is 7.33. The van der Waals surface area contributed by atoms with Crippen molar-refractivity contribution in [2.45, 2.75) is 38.0 Å². The number of carbonyl (C=O) groups is 1. The minimum Gasteiger partial charge on any atom is -0.476 e. The monoisotopic (exact) mass is 284 g/mol. The van der Waals surface area contributed by atoms with Crippen molar-refractivity contribution in [3.63, 3.8) is 0 Å². The van der Waals surface area contributed by atoms with Gasteiger partial charge in [-0.3, -0.25) is 4.98 Å². The van der Waals surface area contributed by atoms with Gasteiger partial charge in [-0.2, -0.15) is 5.10 Å². The summed E-state index contributed by atoms with van der Waals surface area (Å²) in [7, 11) is 0. The van der Waals surface area contributed by atoms with Crippen molar-refractivity contribution in [3.05, 3.63) is 35.5 Å². The van der Waals surface area contributed by atoms with E-state index in [9.17, 15) is 9.90 Å². The summed E-state index contributed by atoms with van der Waals surface area (Å²) >= 11 is 0. The highest BCUT2D eigenvalue weighted by atomic mass is 16.4. The van der Waals surface area contributed by atoms with Gasteiger partial charge in [-0.05, 0) is 31.1 Å². The smallest absolute Gasteiger partial charge is 0.356 e. The lowest BCUT2D eigenvalue weighted by molar-refractivity contribution is 0.0688. The summed E-state index contributed by atoms with van der Waals surface area (Å²) in [6.07, 6.45) is 8.00. The van der Waals surface area contributed by atoms with E-state index >= 15 is 0 Å². The zero-order valence-corrected chi connectivity index (χ0v) is 11.7. The maximum Gasteiger partial charge on any atom is 0.356 e. The second-order valence-electron chi connectivity index (χ2n) is 5.87. The molecule has 0 saturated heterocycles. The Hall–Kier alpha value is -2.24. The van der Waals surface area contributed by atoms with Gasteiger partial charge >= 0.3 is 5.97 Å². The number of nitrogens with zero attached hydrogens (tertiary/aromatic N) is 4. The summed E-state index contributed by atoms with van der Waals surface area (Å²) in [6.45, 7) is 2.11. The van der Waals surface area contributed by atoms with Gasteiger partial charge in [-0.25, -0.2) is 14.5 Å². The molecule has 0 aromatic carbocycles. The summed E-state index contributed by atoms with van der Waals surface area (Å²) in [5.41, 5.74) is 2.17. The van der Waals surface area contributed by atoms with Gasteiger partial charge < -0.3 is 5.11 Å². The molecule has 1 N–H and O–H groups in total. The highest BCUT2D eigenvalue weighted by Gasteiger charge is 2.50. The van der Waals surface area contributed by atoms with E-state index in [1.165, 1.54) is 0 Å². The molecule has 21 heavy (non-hydrogen) atoms. The molecule has 0 aliphatic heterocycles. The molecule has 0 radical (unpaired) electrons. The Morgan fingerprint density at radius 1 is 1.43 bits per heavy atom. The topological polar surface area (TPSA) is 80.9 Å². The Kier molecular flexibility index (Phi) is 2.60. The molecule has 2 aromatic heterocycles.